The Morgan fingerprint density at radius 3 is 2.26 bits per heavy atom. The Hall–Kier alpha value is -2.19. The molecule has 0 atom stereocenters. The van der Waals surface area contributed by atoms with E-state index in [9.17, 15) is 19.7 Å². The molecule has 1 aromatic rings. The standard InChI is InChI=1S/C19H22N2O5S/c22-11-12-27-17-16(13-7-9-15(10-8-13)21(25)26)18(23)20(19(17)24)14-5-3-1-2-4-6-14/h7-10,14,22H,1-6,11-12H2. The molecule has 0 aromatic heterocycles. The van der Waals surface area contributed by atoms with Crippen molar-refractivity contribution in [3.05, 3.63) is 44.8 Å². The minimum atomic E-state index is -0.501. The predicted molar refractivity (Wildman–Crippen MR) is 103 cm³/mol. The molecule has 1 heterocycles. The van der Waals surface area contributed by atoms with Crippen LogP contribution in [0.1, 0.15) is 44.1 Å². The van der Waals surface area contributed by atoms with E-state index in [1.807, 2.05) is 0 Å². The van der Waals surface area contributed by atoms with Crippen LogP contribution in [-0.4, -0.2) is 45.1 Å². The fraction of sp³-hybridized carbons (Fsp3) is 0.474. The van der Waals surface area contributed by atoms with E-state index in [0.29, 0.717) is 16.2 Å². The van der Waals surface area contributed by atoms with Gasteiger partial charge in [-0.1, -0.05) is 25.7 Å². The van der Waals surface area contributed by atoms with Gasteiger partial charge in [0, 0.05) is 23.9 Å². The number of aliphatic hydroxyl groups is 1. The van der Waals surface area contributed by atoms with Crippen molar-refractivity contribution in [1.29, 1.82) is 0 Å². The average molecular weight is 390 g/mol. The number of carbonyl (C=O) groups is 2. The summed E-state index contributed by atoms with van der Waals surface area (Å²) in [7, 11) is 0. The first kappa shape index (κ1) is 19.6. The molecule has 0 unspecified atom stereocenters. The maximum atomic E-state index is 13.2. The number of hydrogen-bond donors (Lipinski definition) is 1. The summed E-state index contributed by atoms with van der Waals surface area (Å²) in [6.07, 6.45) is 5.83. The Bertz CT molecular complexity index is 767. The third kappa shape index (κ3) is 4.06. The molecule has 1 N–H and O–H groups in total. The Labute approximate surface area is 161 Å². The molecule has 0 bridgehead atoms. The van der Waals surface area contributed by atoms with Crippen molar-refractivity contribution < 1.29 is 19.6 Å². The molecule has 1 aliphatic carbocycles. The molecule has 144 valence electrons. The van der Waals surface area contributed by atoms with E-state index in [2.05, 4.69) is 0 Å². The minimum Gasteiger partial charge on any atom is -0.396 e. The number of amides is 2. The highest BCUT2D eigenvalue weighted by Gasteiger charge is 2.42. The molecule has 2 amide bonds. The molecule has 27 heavy (non-hydrogen) atoms. The Kier molecular flexibility index (Phi) is 6.28. The van der Waals surface area contributed by atoms with Crippen molar-refractivity contribution >= 4 is 34.8 Å². The molecule has 3 rings (SSSR count). The molecular formula is C19H22N2O5S. The Balaban J connectivity index is 1.96. The molecule has 7 nitrogen and oxygen atoms in total. The van der Waals surface area contributed by atoms with Gasteiger partial charge in [0.2, 0.25) is 0 Å². The van der Waals surface area contributed by atoms with Crippen LogP contribution in [0.25, 0.3) is 5.57 Å². The highest BCUT2D eigenvalue weighted by Crippen LogP contribution is 2.39. The van der Waals surface area contributed by atoms with E-state index in [0.717, 1.165) is 38.5 Å². The van der Waals surface area contributed by atoms with Crippen molar-refractivity contribution in [3.8, 4) is 0 Å². The molecule has 1 aliphatic heterocycles. The van der Waals surface area contributed by atoms with Crippen molar-refractivity contribution in [2.24, 2.45) is 0 Å². The van der Waals surface area contributed by atoms with E-state index < -0.39 is 4.92 Å². The molecule has 8 heteroatoms. The second kappa shape index (κ2) is 8.67. The molecule has 0 saturated heterocycles. The highest BCUT2D eigenvalue weighted by molar-refractivity contribution is 8.04. The first-order valence-electron chi connectivity index (χ1n) is 9.15. The third-order valence-corrected chi connectivity index (χ3v) is 6.02. The van der Waals surface area contributed by atoms with E-state index in [4.69, 9.17) is 5.11 Å². The summed E-state index contributed by atoms with van der Waals surface area (Å²) in [6.45, 7) is -0.105. The highest BCUT2D eigenvalue weighted by atomic mass is 32.2. The lowest BCUT2D eigenvalue weighted by Crippen LogP contribution is -2.40. The maximum absolute atomic E-state index is 13.2. The molecular weight excluding hydrogens is 368 g/mol. The number of thioether (sulfide) groups is 1. The summed E-state index contributed by atoms with van der Waals surface area (Å²) in [6, 6.07) is 5.59. The van der Waals surface area contributed by atoms with Crippen LogP contribution in [0.4, 0.5) is 5.69 Å². The van der Waals surface area contributed by atoms with E-state index in [1.165, 1.54) is 40.9 Å². The van der Waals surface area contributed by atoms with Gasteiger partial charge in [0.15, 0.2) is 0 Å². The Morgan fingerprint density at radius 2 is 1.70 bits per heavy atom. The van der Waals surface area contributed by atoms with Crippen molar-refractivity contribution in [2.45, 2.75) is 44.6 Å². The molecule has 2 aliphatic rings. The van der Waals surface area contributed by atoms with Gasteiger partial charge in [-0.3, -0.25) is 24.6 Å². The number of aliphatic hydroxyl groups excluding tert-OH is 1. The molecule has 0 spiro atoms. The minimum absolute atomic E-state index is 0.0682. The molecule has 1 aromatic carbocycles. The lowest BCUT2D eigenvalue weighted by molar-refractivity contribution is -0.384. The third-order valence-electron chi connectivity index (χ3n) is 4.97. The monoisotopic (exact) mass is 390 g/mol. The van der Waals surface area contributed by atoms with Crippen LogP contribution in [-0.2, 0) is 9.59 Å². The molecule has 0 radical (unpaired) electrons. The smallest absolute Gasteiger partial charge is 0.269 e. The number of benzene rings is 1. The van der Waals surface area contributed by atoms with Gasteiger partial charge in [-0.05, 0) is 30.5 Å². The first-order chi connectivity index (χ1) is 13.0. The van der Waals surface area contributed by atoms with E-state index >= 15 is 0 Å². The fourth-order valence-electron chi connectivity index (χ4n) is 3.66. The zero-order valence-electron chi connectivity index (χ0n) is 14.9. The van der Waals surface area contributed by atoms with Crippen LogP contribution in [0.3, 0.4) is 0 Å². The van der Waals surface area contributed by atoms with Gasteiger partial charge in [0.25, 0.3) is 17.5 Å². The average Bonchev–Trinajstić information content (AvgIpc) is 2.84. The predicted octanol–water partition coefficient (Wildman–Crippen LogP) is 3.12. The van der Waals surface area contributed by atoms with Gasteiger partial charge in [-0.15, -0.1) is 11.8 Å². The summed E-state index contributed by atoms with van der Waals surface area (Å²) < 4.78 is 0. The number of hydrogen-bond acceptors (Lipinski definition) is 6. The topological polar surface area (TPSA) is 101 Å². The largest absolute Gasteiger partial charge is 0.396 e. The lowest BCUT2D eigenvalue weighted by Gasteiger charge is -2.25. The van der Waals surface area contributed by atoms with Gasteiger partial charge in [-0.25, -0.2) is 0 Å². The lowest BCUT2D eigenvalue weighted by atomic mass is 10.0. The Morgan fingerprint density at radius 1 is 1.07 bits per heavy atom. The van der Waals surface area contributed by atoms with Gasteiger partial charge < -0.3 is 5.11 Å². The number of non-ortho nitro benzene ring substituents is 1. The quantitative estimate of drug-likeness (QED) is 0.347. The summed E-state index contributed by atoms with van der Waals surface area (Å²) in [5.74, 6) is -0.330. The normalized spacial score (nSPS) is 18.9. The van der Waals surface area contributed by atoms with Gasteiger partial charge in [0.1, 0.15) is 0 Å². The van der Waals surface area contributed by atoms with E-state index in [1.54, 1.807) is 0 Å². The summed E-state index contributed by atoms with van der Waals surface area (Å²) in [5, 5.41) is 20.0. The summed E-state index contributed by atoms with van der Waals surface area (Å²) in [5.41, 5.74) is 0.717. The van der Waals surface area contributed by atoms with Crippen molar-refractivity contribution in [1.82, 2.24) is 4.90 Å². The molecule has 1 saturated carbocycles. The number of nitro benzene ring substituents is 1. The molecule has 1 fully saturated rings. The zero-order valence-corrected chi connectivity index (χ0v) is 15.7. The summed E-state index contributed by atoms with van der Waals surface area (Å²) in [4.78, 5) is 38.3. The SMILES string of the molecule is O=C1C(SCCO)=C(c2ccc([N+](=O)[O-])cc2)C(=O)N1C1CCCCCC1. The number of imide groups is 1. The van der Waals surface area contributed by atoms with Crippen LogP contribution in [0.15, 0.2) is 29.2 Å². The number of rotatable bonds is 6. The number of nitrogens with zero attached hydrogens (tertiary/aromatic N) is 2. The van der Waals surface area contributed by atoms with Crippen LogP contribution in [0.2, 0.25) is 0 Å². The first-order valence-corrected chi connectivity index (χ1v) is 10.1. The number of nitro groups is 1. The second-order valence-corrected chi connectivity index (χ2v) is 7.81. The summed E-state index contributed by atoms with van der Waals surface area (Å²) >= 11 is 1.17. The number of carbonyl (C=O) groups excluding carboxylic acids is 2. The fourth-order valence-corrected chi connectivity index (χ4v) is 4.53. The van der Waals surface area contributed by atoms with Crippen LogP contribution >= 0.6 is 11.8 Å². The second-order valence-electron chi connectivity index (χ2n) is 6.71. The van der Waals surface area contributed by atoms with Gasteiger partial charge in [-0.2, -0.15) is 0 Å². The van der Waals surface area contributed by atoms with Crippen LogP contribution < -0.4 is 0 Å². The van der Waals surface area contributed by atoms with Gasteiger partial charge in [0.05, 0.1) is 22.0 Å². The zero-order chi connectivity index (χ0) is 19.4. The maximum Gasteiger partial charge on any atom is 0.269 e. The van der Waals surface area contributed by atoms with Crippen molar-refractivity contribution in [2.75, 3.05) is 12.4 Å². The van der Waals surface area contributed by atoms with Gasteiger partial charge >= 0.3 is 0 Å². The van der Waals surface area contributed by atoms with Crippen LogP contribution in [0.5, 0.6) is 0 Å². The van der Waals surface area contributed by atoms with Crippen LogP contribution in [0, 0.1) is 10.1 Å². The van der Waals surface area contributed by atoms with Crippen molar-refractivity contribution in [3.63, 3.8) is 0 Å². The van der Waals surface area contributed by atoms with E-state index in [-0.39, 0.29) is 35.7 Å².